The minimum atomic E-state index is -0.311. The molecule has 6 heteroatoms. The molecule has 3 heterocycles. The Morgan fingerprint density at radius 1 is 1.44 bits per heavy atom. The van der Waals surface area contributed by atoms with E-state index in [1.165, 1.54) is 22.6 Å². The van der Waals surface area contributed by atoms with Crippen LogP contribution in [0.15, 0.2) is 29.8 Å². The predicted octanol–water partition coefficient (Wildman–Crippen LogP) is 4.47. The van der Waals surface area contributed by atoms with E-state index in [2.05, 4.69) is 39.6 Å². The number of aromatic nitrogens is 1. The second-order valence-electron chi connectivity index (χ2n) is 7.10. The van der Waals surface area contributed by atoms with Crippen molar-refractivity contribution in [1.29, 1.82) is 5.26 Å². The topological polar surface area (TPSA) is 52.0 Å². The van der Waals surface area contributed by atoms with E-state index in [9.17, 15) is 9.65 Å². The van der Waals surface area contributed by atoms with Gasteiger partial charge in [0.1, 0.15) is 11.9 Å². The number of hydrogen-bond acceptors (Lipinski definition) is 5. The number of halogens is 1. The third-order valence-electron chi connectivity index (χ3n) is 5.28. The first-order valence-electron chi connectivity index (χ1n) is 9.09. The molecule has 0 saturated carbocycles. The van der Waals surface area contributed by atoms with E-state index in [0.29, 0.717) is 29.2 Å². The summed E-state index contributed by atoms with van der Waals surface area (Å²) in [5.41, 5.74) is 4.03. The number of anilines is 1. The lowest BCUT2D eigenvalue weighted by molar-refractivity contribution is 0.200. The molecule has 0 amide bonds. The molecule has 1 aliphatic rings. The average Bonchev–Trinajstić information content (AvgIpc) is 3.13. The summed E-state index contributed by atoms with van der Waals surface area (Å²) >= 11 is 1.84. The summed E-state index contributed by atoms with van der Waals surface area (Å²) in [6.45, 7) is 6.70. The zero-order chi connectivity index (χ0) is 19.0. The van der Waals surface area contributed by atoms with Crippen molar-refractivity contribution >= 4 is 27.9 Å². The summed E-state index contributed by atoms with van der Waals surface area (Å²) in [5, 5.41) is 15.7. The third-order valence-corrected chi connectivity index (χ3v) is 6.30. The van der Waals surface area contributed by atoms with E-state index in [4.69, 9.17) is 0 Å². The van der Waals surface area contributed by atoms with E-state index in [1.54, 1.807) is 6.20 Å². The Balaban J connectivity index is 1.57. The lowest BCUT2D eigenvalue weighted by Gasteiger charge is -2.32. The van der Waals surface area contributed by atoms with Crippen LogP contribution in [0.1, 0.15) is 28.5 Å². The maximum atomic E-state index is 14.0. The van der Waals surface area contributed by atoms with Gasteiger partial charge in [-0.1, -0.05) is 0 Å². The number of hydrogen-bond donors (Lipinski definition) is 1. The molecule has 27 heavy (non-hydrogen) atoms. The van der Waals surface area contributed by atoms with Gasteiger partial charge in [-0.15, -0.1) is 11.3 Å². The maximum absolute atomic E-state index is 14.0. The Kier molecular flexibility index (Phi) is 4.81. The van der Waals surface area contributed by atoms with Crippen molar-refractivity contribution in [2.75, 3.05) is 18.4 Å². The summed E-state index contributed by atoms with van der Waals surface area (Å²) < 4.78 is 14.0. The maximum Gasteiger partial charge on any atom is 0.124 e. The van der Waals surface area contributed by atoms with Crippen LogP contribution in [0.5, 0.6) is 0 Å². The first-order valence-corrected chi connectivity index (χ1v) is 9.97. The molecule has 0 aliphatic carbocycles. The summed E-state index contributed by atoms with van der Waals surface area (Å²) in [7, 11) is 0. The minimum Gasteiger partial charge on any atom is -0.382 e. The third kappa shape index (κ3) is 3.41. The average molecular weight is 380 g/mol. The van der Waals surface area contributed by atoms with Crippen LogP contribution in [-0.2, 0) is 13.0 Å². The number of nitriles is 1. The molecule has 138 valence electrons. The molecule has 0 spiro atoms. The Hall–Kier alpha value is -2.49. The van der Waals surface area contributed by atoms with E-state index >= 15 is 0 Å². The molecule has 3 aromatic rings. The quantitative estimate of drug-likeness (QED) is 0.725. The summed E-state index contributed by atoms with van der Waals surface area (Å²) in [6.07, 6.45) is 2.65. The molecule has 4 rings (SSSR count). The minimum absolute atomic E-state index is 0.294. The van der Waals surface area contributed by atoms with E-state index in [-0.39, 0.29) is 5.82 Å². The number of nitrogens with zero attached hydrogens (tertiary/aromatic N) is 3. The van der Waals surface area contributed by atoms with E-state index < -0.39 is 0 Å². The van der Waals surface area contributed by atoms with Crippen molar-refractivity contribution in [2.45, 2.75) is 32.9 Å². The molecule has 1 aromatic carbocycles. The van der Waals surface area contributed by atoms with Crippen LogP contribution in [0.25, 0.3) is 10.9 Å². The van der Waals surface area contributed by atoms with Gasteiger partial charge in [-0.2, -0.15) is 5.26 Å². The molecular weight excluding hydrogens is 359 g/mol. The Labute approximate surface area is 162 Å². The van der Waals surface area contributed by atoms with Gasteiger partial charge in [0.15, 0.2) is 0 Å². The van der Waals surface area contributed by atoms with Crippen molar-refractivity contribution in [3.8, 4) is 6.07 Å². The molecule has 1 atom stereocenters. The zero-order valence-corrected chi connectivity index (χ0v) is 16.2. The highest BCUT2D eigenvalue weighted by Gasteiger charge is 2.22. The molecule has 0 fully saturated rings. The predicted molar refractivity (Wildman–Crippen MR) is 108 cm³/mol. The van der Waals surface area contributed by atoms with Gasteiger partial charge in [0, 0.05) is 42.1 Å². The molecule has 1 aliphatic heterocycles. The zero-order valence-electron chi connectivity index (χ0n) is 15.4. The fourth-order valence-electron chi connectivity index (χ4n) is 3.74. The number of benzene rings is 1. The van der Waals surface area contributed by atoms with Crippen molar-refractivity contribution in [3.63, 3.8) is 0 Å². The molecular formula is C21H21FN4S. The van der Waals surface area contributed by atoms with Crippen molar-refractivity contribution in [2.24, 2.45) is 0 Å². The van der Waals surface area contributed by atoms with Crippen LogP contribution in [-0.4, -0.2) is 29.0 Å². The molecule has 4 nitrogen and oxygen atoms in total. The number of nitrogens with one attached hydrogen (secondary N) is 1. The van der Waals surface area contributed by atoms with Gasteiger partial charge in [0.25, 0.3) is 0 Å². The highest BCUT2D eigenvalue weighted by molar-refractivity contribution is 7.10. The summed E-state index contributed by atoms with van der Waals surface area (Å²) in [5.74, 6) is -0.311. The van der Waals surface area contributed by atoms with Gasteiger partial charge >= 0.3 is 0 Å². The number of pyridine rings is 1. The van der Waals surface area contributed by atoms with Gasteiger partial charge in [-0.25, -0.2) is 4.39 Å². The van der Waals surface area contributed by atoms with Crippen LogP contribution in [0.3, 0.4) is 0 Å². The molecule has 2 aromatic heterocycles. The Morgan fingerprint density at radius 3 is 3.11 bits per heavy atom. The second-order valence-corrected chi connectivity index (χ2v) is 8.10. The first-order chi connectivity index (χ1) is 13.1. The van der Waals surface area contributed by atoms with Gasteiger partial charge in [-0.05, 0) is 55.0 Å². The molecule has 0 bridgehead atoms. The lowest BCUT2D eigenvalue weighted by atomic mass is 10.1. The Bertz CT molecular complexity index is 1040. The van der Waals surface area contributed by atoms with Crippen LogP contribution in [0, 0.1) is 24.1 Å². The highest BCUT2D eigenvalue weighted by atomic mass is 32.1. The normalized spacial score (nSPS) is 15.3. The van der Waals surface area contributed by atoms with Crippen LogP contribution in [0.4, 0.5) is 10.1 Å². The smallest absolute Gasteiger partial charge is 0.124 e. The summed E-state index contributed by atoms with van der Waals surface area (Å²) in [4.78, 5) is 8.29. The van der Waals surface area contributed by atoms with Gasteiger partial charge in [0.05, 0.1) is 16.8 Å². The van der Waals surface area contributed by atoms with Gasteiger partial charge in [0.2, 0.25) is 0 Å². The first kappa shape index (κ1) is 17.9. The lowest BCUT2D eigenvalue weighted by Crippen LogP contribution is -2.40. The number of aryl methyl sites for hydroxylation is 1. The number of rotatable bonds is 4. The molecule has 1 N–H and O–H groups in total. The SMILES string of the molecule is Cc1cc(F)cc2c(NCC(C)N3CCc4sccc4C3)c(C#N)cnc12. The fourth-order valence-corrected chi connectivity index (χ4v) is 4.63. The van der Waals surface area contributed by atoms with Crippen LogP contribution in [0.2, 0.25) is 0 Å². The number of fused-ring (bicyclic) bond motifs is 2. The highest BCUT2D eigenvalue weighted by Crippen LogP contribution is 2.29. The van der Waals surface area contributed by atoms with Crippen molar-refractivity contribution in [3.05, 3.63) is 57.2 Å². The Morgan fingerprint density at radius 2 is 2.30 bits per heavy atom. The molecule has 1 unspecified atom stereocenters. The van der Waals surface area contributed by atoms with E-state index in [0.717, 1.165) is 30.6 Å². The summed E-state index contributed by atoms with van der Waals surface area (Å²) in [6, 6.07) is 7.62. The number of thiophene rings is 1. The van der Waals surface area contributed by atoms with Gasteiger partial charge in [-0.3, -0.25) is 9.88 Å². The monoisotopic (exact) mass is 380 g/mol. The van der Waals surface area contributed by atoms with Crippen molar-refractivity contribution in [1.82, 2.24) is 9.88 Å². The van der Waals surface area contributed by atoms with Crippen LogP contribution < -0.4 is 5.32 Å². The van der Waals surface area contributed by atoms with Crippen LogP contribution >= 0.6 is 11.3 Å². The van der Waals surface area contributed by atoms with Gasteiger partial charge < -0.3 is 5.32 Å². The standard InChI is InChI=1S/C21H21FN4S/c1-13-7-17(22)8-18-20(13)25-11-16(9-23)21(18)24-10-14(2)26-5-3-19-15(12-26)4-6-27-19/h4,6-8,11,14H,3,5,10,12H2,1-2H3,(H,24,25). The molecule has 0 radical (unpaired) electrons. The van der Waals surface area contributed by atoms with Crippen molar-refractivity contribution < 1.29 is 4.39 Å². The fraction of sp³-hybridized carbons (Fsp3) is 0.333. The second kappa shape index (κ2) is 7.26. The molecule has 0 saturated heterocycles. The largest absolute Gasteiger partial charge is 0.382 e. The van der Waals surface area contributed by atoms with E-state index in [1.807, 2.05) is 18.3 Å².